The average molecular weight is 943 g/mol. The van der Waals surface area contributed by atoms with E-state index in [1.807, 2.05) is 11.3 Å². The molecule has 0 atom stereocenters. The molecule has 2 aromatic heterocycles. The minimum Gasteiger partial charge on any atom is -0.228 e. The Bertz CT molecular complexity index is 4370. The number of benzene rings is 11. The highest BCUT2D eigenvalue weighted by molar-refractivity contribution is 7.25. The van der Waals surface area contributed by atoms with Crippen molar-refractivity contribution in [2.75, 3.05) is 0 Å². The number of fused-ring (bicyclic) bond motifs is 21. The van der Waals surface area contributed by atoms with Crippen LogP contribution in [0.2, 0.25) is 0 Å². The second kappa shape index (κ2) is 15.2. The smallest absolute Gasteiger partial charge is 0.161 e. The largest absolute Gasteiger partial charge is 0.228 e. The molecule has 73 heavy (non-hydrogen) atoms. The van der Waals surface area contributed by atoms with Crippen LogP contribution in [0.1, 0.15) is 44.5 Å². The maximum Gasteiger partial charge on any atom is 0.161 e. The van der Waals surface area contributed by atoms with E-state index in [9.17, 15) is 0 Å². The fourth-order valence-electron chi connectivity index (χ4n) is 13.7. The van der Waals surface area contributed by atoms with Crippen molar-refractivity contribution >= 4 is 42.3 Å². The second-order valence-corrected chi connectivity index (χ2v) is 20.9. The molecular formula is C70H42N2S. The van der Waals surface area contributed by atoms with E-state index in [0.717, 1.165) is 44.4 Å². The van der Waals surface area contributed by atoms with Crippen LogP contribution in [0.5, 0.6) is 0 Å². The lowest BCUT2D eigenvalue weighted by Gasteiger charge is -2.49. The Morgan fingerprint density at radius 1 is 0.301 bits per heavy atom. The predicted octanol–water partition coefficient (Wildman–Crippen LogP) is 17.7. The summed E-state index contributed by atoms with van der Waals surface area (Å²) in [6.07, 6.45) is 0. The van der Waals surface area contributed by atoms with E-state index < -0.39 is 10.8 Å². The van der Waals surface area contributed by atoms with Crippen LogP contribution < -0.4 is 0 Å². The lowest BCUT2D eigenvalue weighted by atomic mass is 9.52. The third kappa shape index (κ3) is 5.36. The maximum atomic E-state index is 5.55. The number of hydrogen-bond acceptors (Lipinski definition) is 3. The van der Waals surface area contributed by atoms with Gasteiger partial charge in [-0.2, -0.15) is 0 Å². The summed E-state index contributed by atoms with van der Waals surface area (Å²) < 4.78 is 2.60. The molecule has 338 valence electrons. The van der Waals surface area contributed by atoms with Gasteiger partial charge in [0.1, 0.15) is 0 Å². The molecule has 3 aliphatic carbocycles. The van der Waals surface area contributed by atoms with Crippen molar-refractivity contribution < 1.29 is 0 Å². The zero-order valence-corrected chi connectivity index (χ0v) is 40.4. The summed E-state index contributed by atoms with van der Waals surface area (Å²) in [5.41, 5.74) is 21.8. The van der Waals surface area contributed by atoms with Crippen LogP contribution in [-0.2, 0) is 10.8 Å². The van der Waals surface area contributed by atoms with Gasteiger partial charge in [0.05, 0.1) is 22.2 Å². The standard InChI is InChI=1S/C70H42N2S/c1-2-21-44(22-3-1)61-42-62(72-68(71-61)51-31-18-23-43-20-4-5-24-45(43)51)49-28-7-6-25-46(49)50-30-19-38-60-65(50)53-40-41-64-66(52-29-10-17-39-63(52)73-64)67(53)70(60)58-36-15-13-34-56(58)69(57-35-14-16-37-59(57)70)54-32-11-8-26-47(54)48-27-9-12-33-55(48)69/h1-42H. The van der Waals surface area contributed by atoms with Crippen LogP contribution in [0, 0.1) is 0 Å². The molecule has 0 aliphatic heterocycles. The molecule has 2 heterocycles. The molecule has 0 saturated carbocycles. The Labute approximate surface area is 427 Å². The Morgan fingerprint density at radius 2 is 0.808 bits per heavy atom. The van der Waals surface area contributed by atoms with Crippen LogP contribution in [0.4, 0.5) is 0 Å². The Hall–Kier alpha value is -9.02. The van der Waals surface area contributed by atoms with E-state index in [2.05, 4.69) is 255 Å². The molecule has 2 spiro atoms. The molecule has 13 aromatic rings. The minimum absolute atomic E-state index is 0.533. The zero-order valence-electron chi connectivity index (χ0n) is 39.6. The van der Waals surface area contributed by atoms with Gasteiger partial charge in [-0.15, -0.1) is 11.3 Å². The molecular weight excluding hydrogens is 901 g/mol. The quantitative estimate of drug-likeness (QED) is 0.176. The summed E-state index contributed by atoms with van der Waals surface area (Å²) in [5.74, 6) is 0.705. The van der Waals surface area contributed by atoms with Gasteiger partial charge in [-0.05, 0) is 107 Å². The second-order valence-electron chi connectivity index (χ2n) is 19.8. The fraction of sp³-hybridized carbons (Fsp3) is 0.0286. The number of rotatable bonds is 4. The van der Waals surface area contributed by atoms with Crippen LogP contribution in [0.3, 0.4) is 0 Å². The van der Waals surface area contributed by atoms with E-state index >= 15 is 0 Å². The number of aromatic nitrogens is 2. The first-order valence-electron chi connectivity index (χ1n) is 25.2. The summed E-state index contributed by atoms with van der Waals surface area (Å²) in [6, 6.07) is 94.8. The summed E-state index contributed by atoms with van der Waals surface area (Å²) >= 11 is 1.90. The van der Waals surface area contributed by atoms with Gasteiger partial charge in [0.2, 0.25) is 0 Å². The van der Waals surface area contributed by atoms with Crippen LogP contribution in [-0.4, -0.2) is 9.97 Å². The lowest BCUT2D eigenvalue weighted by molar-refractivity contribution is 0.635. The molecule has 11 aromatic carbocycles. The summed E-state index contributed by atoms with van der Waals surface area (Å²) in [6.45, 7) is 0. The van der Waals surface area contributed by atoms with Crippen LogP contribution >= 0.6 is 11.3 Å². The summed E-state index contributed by atoms with van der Waals surface area (Å²) in [4.78, 5) is 10.9. The van der Waals surface area contributed by atoms with E-state index in [-0.39, 0.29) is 0 Å². The Kier molecular flexibility index (Phi) is 8.50. The van der Waals surface area contributed by atoms with Gasteiger partial charge in [-0.3, -0.25) is 0 Å². The molecule has 0 saturated heterocycles. The van der Waals surface area contributed by atoms with Crippen molar-refractivity contribution in [2.24, 2.45) is 0 Å². The number of thiophene rings is 1. The van der Waals surface area contributed by atoms with Gasteiger partial charge in [0.15, 0.2) is 5.82 Å². The highest BCUT2D eigenvalue weighted by Gasteiger charge is 2.59. The first-order chi connectivity index (χ1) is 36.2. The highest BCUT2D eigenvalue weighted by Crippen LogP contribution is 2.69. The predicted molar refractivity (Wildman–Crippen MR) is 302 cm³/mol. The number of nitrogens with zero attached hydrogens (tertiary/aromatic N) is 2. The van der Waals surface area contributed by atoms with E-state index in [0.29, 0.717) is 5.82 Å². The molecule has 0 N–H and O–H groups in total. The minimum atomic E-state index is -0.680. The van der Waals surface area contributed by atoms with Crippen molar-refractivity contribution in [2.45, 2.75) is 10.8 Å². The van der Waals surface area contributed by atoms with E-state index in [1.54, 1.807) is 0 Å². The van der Waals surface area contributed by atoms with Gasteiger partial charge in [0.25, 0.3) is 0 Å². The maximum absolute atomic E-state index is 5.55. The molecule has 0 fully saturated rings. The normalized spacial score (nSPS) is 14.0. The fourth-order valence-corrected chi connectivity index (χ4v) is 14.8. The molecule has 0 amide bonds. The Morgan fingerprint density at radius 3 is 1.53 bits per heavy atom. The van der Waals surface area contributed by atoms with Crippen molar-refractivity contribution in [1.29, 1.82) is 0 Å². The monoisotopic (exact) mass is 942 g/mol. The summed E-state index contributed by atoms with van der Waals surface area (Å²) in [5, 5.41) is 4.93. The number of hydrogen-bond donors (Lipinski definition) is 0. The first kappa shape index (κ1) is 40.7. The van der Waals surface area contributed by atoms with E-state index in [1.165, 1.54) is 92.5 Å². The molecule has 0 unspecified atom stereocenters. The third-order valence-electron chi connectivity index (χ3n) is 16.4. The molecule has 16 rings (SSSR count). The zero-order chi connectivity index (χ0) is 47.8. The van der Waals surface area contributed by atoms with Gasteiger partial charge in [0, 0.05) is 36.9 Å². The highest BCUT2D eigenvalue weighted by atomic mass is 32.1. The SMILES string of the molecule is c1ccc(-c2cc(-c3ccccc3-c3cccc4c3-c3ccc5sc6ccccc6c5c3C43c4ccccc4C4(c5ccccc5-c5ccccc54)c4ccccc43)nc(-c3cccc4ccccc34)n2)cc1. The van der Waals surface area contributed by atoms with E-state index in [4.69, 9.17) is 9.97 Å². The topological polar surface area (TPSA) is 25.8 Å². The van der Waals surface area contributed by atoms with Gasteiger partial charge in [-0.25, -0.2) is 9.97 Å². The van der Waals surface area contributed by atoms with Crippen LogP contribution in [0.15, 0.2) is 255 Å². The van der Waals surface area contributed by atoms with Crippen LogP contribution in [0.25, 0.3) is 98.2 Å². The van der Waals surface area contributed by atoms with Crippen molar-refractivity contribution in [3.63, 3.8) is 0 Å². The van der Waals surface area contributed by atoms with Gasteiger partial charge in [-0.1, -0.05) is 237 Å². The van der Waals surface area contributed by atoms with Crippen molar-refractivity contribution in [1.82, 2.24) is 9.97 Å². The Balaban J connectivity index is 1.02. The third-order valence-corrected chi connectivity index (χ3v) is 17.5. The molecule has 3 aliphatic rings. The molecule has 0 bridgehead atoms. The average Bonchev–Trinajstić information content (AvgIpc) is 4.23. The molecule has 0 radical (unpaired) electrons. The summed E-state index contributed by atoms with van der Waals surface area (Å²) in [7, 11) is 0. The molecule has 3 heteroatoms. The van der Waals surface area contributed by atoms with Crippen molar-refractivity contribution in [3.05, 3.63) is 299 Å². The molecule has 2 nitrogen and oxygen atoms in total. The van der Waals surface area contributed by atoms with Gasteiger partial charge >= 0.3 is 0 Å². The van der Waals surface area contributed by atoms with Crippen molar-refractivity contribution in [3.8, 4) is 67.3 Å². The lowest BCUT2D eigenvalue weighted by Crippen LogP contribution is -2.43. The van der Waals surface area contributed by atoms with Gasteiger partial charge < -0.3 is 0 Å². The first-order valence-corrected chi connectivity index (χ1v) is 26.0.